The van der Waals surface area contributed by atoms with Gasteiger partial charge in [-0.3, -0.25) is 4.79 Å². The molecule has 1 saturated heterocycles. The number of rotatable bonds is 10. The summed E-state index contributed by atoms with van der Waals surface area (Å²) in [5, 5.41) is 0. The summed E-state index contributed by atoms with van der Waals surface area (Å²) in [6.45, 7) is 20.4. The molecule has 0 atom stereocenters. The van der Waals surface area contributed by atoms with Crippen molar-refractivity contribution in [1.29, 1.82) is 0 Å². The van der Waals surface area contributed by atoms with Crippen LogP contribution in [0.4, 0.5) is 0 Å². The highest BCUT2D eigenvalue weighted by Gasteiger charge is 2.43. The van der Waals surface area contributed by atoms with Crippen LogP contribution in [0, 0.1) is 16.2 Å². The highest BCUT2D eigenvalue weighted by atomic mass is 16.7. The van der Waals surface area contributed by atoms with E-state index in [4.69, 9.17) is 18.9 Å². The predicted molar refractivity (Wildman–Crippen MR) is 108 cm³/mol. The second-order valence-corrected chi connectivity index (χ2v) is 10.0. The van der Waals surface area contributed by atoms with Gasteiger partial charge in [0.05, 0.1) is 36.3 Å². The number of ether oxygens (including phenoxy) is 4. The molecule has 1 fully saturated rings. The van der Waals surface area contributed by atoms with E-state index in [0.29, 0.717) is 26.4 Å². The van der Waals surface area contributed by atoms with Gasteiger partial charge in [0.2, 0.25) is 0 Å². The minimum Gasteiger partial charge on any atom is -0.465 e. The smallest absolute Gasteiger partial charge is 0.311 e. The lowest BCUT2D eigenvalue weighted by Crippen LogP contribution is -2.51. The second kappa shape index (κ2) is 9.23. The van der Waals surface area contributed by atoms with Crippen LogP contribution in [0.3, 0.4) is 0 Å². The van der Waals surface area contributed by atoms with Crippen LogP contribution < -0.4 is 0 Å². The molecule has 5 nitrogen and oxygen atoms in total. The molecule has 27 heavy (non-hydrogen) atoms. The quantitative estimate of drug-likeness (QED) is 0.496. The molecule has 5 heteroatoms. The van der Waals surface area contributed by atoms with E-state index in [2.05, 4.69) is 41.5 Å². The third kappa shape index (κ3) is 6.72. The maximum absolute atomic E-state index is 12.3. The molecule has 1 aliphatic heterocycles. The van der Waals surface area contributed by atoms with Gasteiger partial charge in [-0.15, -0.1) is 0 Å². The Balaban J connectivity index is 2.62. The molecule has 0 aromatic rings. The molecule has 1 rings (SSSR count). The van der Waals surface area contributed by atoms with Gasteiger partial charge in [-0.2, -0.15) is 0 Å². The number of hydrogen-bond donors (Lipinski definition) is 0. The van der Waals surface area contributed by atoms with Crippen molar-refractivity contribution in [2.24, 2.45) is 16.2 Å². The predicted octanol–water partition coefficient (Wildman–Crippen LogP) is 4.97. The Morgan fingerprint density at radius 3 is 2.00 bits per heavy atom. The lowest BCUT2D eigenvalue weighted by Gasteiger charge is -2.44. The molecule has 0 aromatic heterocycles. The molecule has 0 radical (unpaired) electrons. The van der Waals surface area contributed by atoms with Gasteiger partial charge in [-0.05, 0) is 47.0 Å². The SMILES string of the molecule is CCC1(COC(=O)C(C)(C)CC)COC(C(C)(C)COC(C)(C)CC)OC1. The van der Waals surface area contributed by atoms with Crippen molar-refractivity contribution in [3.63, 3.8) is 0 Å². The molecular weight excluding hydrogens is 344 g/mol. The average Bonchev–Trinajstić information content (AvgIpc) is 2.65. The van der Waals surface area contributed by atoms with Gasteiger partial charge >= 0.3 is 5.97 Å². The third-order valence-corrected chi connectivity index (χ3v) is 6.10. The Hall–Kier alpha value is -0.650. The van der Waals surface area contributed by atoms with Crippen LogP contribution in [0.25, 0.3) is 0 Å². The van der Waals surface area contributed by atoms with Crippen molar-refractivity contribution < 1.29 is 23.7 Å². The lowest BCUT2D eigenvalue weighted by molar-refractivity contribution is -0.285. The maximum atomic E-state index is 12.3. The van der Waals surface area contributed by atoms with E-state index in [-0.39, 0.29) is 28.7 Å². The van der Waals surface area contributed by atoms with Crippen molar-refractivity contribution in [1.82, 2.24) is 0 Å². The van der Waals surface area contributed by atoms with Crippen LogP contribution in [0.5, 0.6) is 0 Å². The number of carbonyl (C=O) groups is 1. The topological polar surface area (TPSA) is 54.0 Å². The summed E-state index contributed by atoms with van der Waals surface area (Å²) in [6.07, 6.45) is 2.21. The first-order valence-electron chi connectivity index (χ1n) is 10.4. The van der Waals surface area contributed by atoms with Crippen LogP contribution in [-0.2, 0) is 23.7 Å². The van der Waals surface area contributed by atoms with Crippen LogP contribution in [0.15, 0.2) is 0 Å². The fraction of sp³-hybridized carbons (Fsp3) is 0.955. The largest absolute Gasteiger partial charge is 0.465 e. The zero-order valence-corrected chi connectivity index (χ0v) is 19.1. The van der Waals surface area contributed by atoms with Gasteiger partial charge < -0.3 is 18.9 Å². The van der Waals surface area contributed by atoms with Crippen LogP contribution in [0.1, 0.15) is 81.6 Å². The van der Waals surface area contributed by atoms with Gasteiger partial charge in [-0.25, -0.2) is 0 Å². The monoisotopic (exact) mass is 386 g/mol. The van der Waals surface area contributed by atoms with Crippen molar-refractivity contribution in [3.8, 4) is 0 Å². The molecule has 0 spiro atoms. The summed E-state index contributed by atoms with van der Waals surface area (Å²) in [5.41, 5.74) is -1.15. The summed E-state index contributed by atoms with van der Waals surface area (Å²) in [6, 6.07) is 0. The van der Waals surface area contributed by atoms with E-state index >= 15 is 0 Å². The highest BCUT2D eigenvalue weighted by molar-refractivity contribution is 5.75. The van der Waals surface area contributed by atoms with Gasteiger partial charge in [0.1, 0.15) is 6.61 Å². The van der Waals surface area contributed by atoms with Crippen molar-refractivity contribution in [2.45, 2.75) is 93.5 Å². The molecule has 1 aliphatic rings. The number of carbonyl (C=O) groups excluding carboxylic acids is 1. The van der Waals surface area contributed by atoms with E-state index in [1.165, 1.54) is 0 Å². The Bertz CT molecular complexity index is 473. The average molecular weight is 387 g/mol. The van der Waals surface area contributed by atoms with E-state index in [1.54, 1.807) is 0 Å². The van der Waals surface area contributed by atoms with Gasteiger partial charge in [-0.1, -0.05) is 34.6 Å². The molecule has 0 amide bonds. The minimum atomic E-state index is -0.459. The fourth-order valence-electron chi connectivity index (χ4n) is 2.55. The Kier molecular flexibility index (Phi) is 8.34. The van der Waals surface area contributed by atoms with Crippen molar-refractivity contribution in [2.75, 3.05) is 26.4 Å². The summed E-state index contributed by atoms with van der Waals surface area (Å²) in [5.74, 6) is -0.157. The molecule has 0 bridgehead atoms. The summed E-state index contributed by atoms with van der Waals surface area (Å²) in [4.78, 5) is 12.3. The summed E-state index contributed by atoms with van der Waals surface area (Å²) < 4.78 is 23.9. The van der Waals surface area contributed by atoms with E-state index in [1.807, 2.05) is 20.8 Å². The van der Waals surface area contributed by atoms with Crippen LogP contribution in [-0.4, -0.2) is 44.3 Å². The van der Waals surface area contributed by atoms with Gasteiger partial charge in [0.15, 0.2) is 6.29 Å². The third-order valence-electron chi connectivity index (χ3n) is 6.10. The number of esters is 1. The minimum absolute atomic E-state index is 0.153. The first kappa shape index (κ1) is 24.4. The first-order valence-corrected chi connectivity index (χ1v) is 10.4. The summed E-state index contributed by atoms with van der Waals surface area (Å²) >= 11 is 0. The highest BCUT2D eigenvalue weighted by Crippen LogP contribution is 2.36. The number of hydrogen-bond acceptors (Lipinski definition) is 5. The van der Waals surface area contributed by atoms with Crippen LogP contribution >= 0.6 is 0 Å². The van der Waals surface area contributed by atoms with Crippen LogP contribution in [0.2, 0.25) is 0 Å². The maximum Gasteiger partial charge on any atom is 0.311 e. The molecule has 0 unspecified atom stereocenters. The van der Waals surface area contributed by atoms with E-state index < -0.39 is 5.41 Å². The Morgan fingerprint density at radius 2 is 1.56 bits per heavy atom. The van der Waals surface area contributed by atoms with E-state index in [9.17, 15) is 4.79 Å². The lowest BCUT2D eigenvalue weighted by atomic mass is 9.85. The van der Waals surface area contributed by atoms with Gasteiger partial charge in [0, 0.05) is 5.41 Å². The molecular formula is C22H42O5. The van der Waals surface area contributed by atoms with E-state index in [0.717, 1.165) is 19.3 Å². The molecule has 0 N–H and O–H groups in total. The first-order chi connectivity index (χ1) is 12.3. The zero-order chi connectivity index (χ0) is 20.9. The second-order valence-electron chi connectivity index (χ2n) is 10.0. The summed E-state index contributed by atoms with van der Waals surface area (Å²) in [7, 11) is 0. The normalized spacial score (nSPS) is 24.7. The molecule has 0 aromatic carbocycles. The zero-order valence-electron chi connectivity index (χ0n) is 19.1. The molecule has 160 valence electrons. The van der Waals surface area contributed by atoms with Crippen molar-refractivity contribution >= 4 is 5.97 Å². The molecule has 0 aliphatic carbocycles. The fourth-order valence-corrected chi connectivity index (χ4v) is 2.55. The Morgan fingerprint density at radius 1 is 1.00 bits per heavy atom. The standard InChI is InChI=1S/C22H42O5/c1-10-19(4,5)17(23)24-14-22(12-3)15-25-18(26-16-22)20(6,7)13-27-21(8,9)11-2/h18H,10-16H2,1-9H3. The van der Waals surface area contributed by atoms with Gasteiger partial charge in [0.25, 0.3) is 0 Å². The molecule has 1 heterocycles. The van der Waals surface area contributed by atoms with Crippen molar-refractivity contribution in [3.05, 3.63) is 0 Å². The Labute approximate surface area is 166 Å². The molecule has 0 saturated carbocycles.